The molecular formula is C10H13BrFNO. The highest BCUT2D eigenvalue weighted by Gasteiger charge is 2.07. The van der Waals surface area contributed by atoms with Crippen molar-refractivity contribution in [1.29, 1.82) is 0 Å². The van der Waals surface area contributed by atoms with E-state index in [-0.39, 0.29) is 5.82 Å². The van der Waals surface area contributed by atoms with Crippen molar-refractivity contribution in [3.05, 3.63) is 28.0 Å². The van der Waals surface area contributed by atoms with Crippen LogP contribution in [0.15, 0.2) is 16.6 Å². The van der Waals surface area contributed by atoms with E-state index in [4.69, 9.17) is 10.5 Å². The van der Waals surface area contributed by atoms with E-state index in [9.17, 15) is 4.39 Å². The molecule has 4 heteroatoms. The number of halogens is 2. The predicted molar refractivity (Wildman–Crippen MR) is 58.0 cm³/mol. The van der Waals surface area contributed by atoms with E-state index < -0.39 is 0 Å². The minimum Gasteiger partial charge on any atom is -0.495 e. The minimum absolute atomic E-state index is 0.237. The summed E-state index contributed by atoms with van der Waals surface area (Å²) >= 11 is 3.31. The molecule has 0 bridgehead atoms. The molecule has 0 spiro atoms. The van der Waals surface area contributed by atoms with Crippen LogP contribution in [0.25, 0.3) is 0 Å². The fourth-order valence-corrected chi connectivity index (χ4v) is 1.76. The Morgan fingerprint density at radius 1 is 1.50 bits per heavy atom. The van der Waals surface area contributed by atoms with Gasteiger partial charge in [-0.15, -0.1) is 0 Å². The van der Waals surface area contributed by atoms with Gasteiger partial charge in [0.15, 0.2) is 0 Å². The molecule has 1 rings (SSSR count). The Labute approximate surface area is 91.4 Å². The summed E-state index contributed by atoms with van der Waals surface area (Å²) in [5.74, 6) is 0.275. The lowest BCUT2D eigenvalue weighted by molar-refractivity contribution is 0.408. The summed E-state index contributed by atoms with van der Waals surface area (Å²) in [5, 5.41) is 0. The fourth-order valence-electron chi connectivity index (χ4n) is 1.21. The van der Waals surface area contributed by atoms with E-state index in [1.807, 2.05) is 0 Å². The molecule has 78 valence electrons. The lowest BCUT2D eigenvalue weighted by Crippen LogP contribution is -2.02. The smallest absolute Gasteiger partial charge is 0.135 e. The maximum absolute atomic E-state index is 13.4. The SMILES string of the molecule is COc1cc(F)c(CCCN)cc1Br. The molecule has 0 amide bonds. The average molecular weight is 262 g/mol. The van der Waals surface area contributed by atoms with Crippen LogP contribution in [0.4, 0.5) is 4.39 Å². The normalized spacial score (nSPS) is 10.3. The number of hydrogen-bond acceptors (Lipinski definition) is 2. The molecule has 2 N–H and O–H groups in total. The standard InChI is InChI=1S/C10H13BrFNO/c1-14-10-6-9(12)7(3-2-4-13)5-8(10)11/h5-6H,2-4,13H2,1H3. The lowest BCUT2D eigenvalue weighted by Gasteiger charge is -2.07. The number of ether oxygens (including phenoxy) is 1. The van der Waals surface area contributed by atoms with E-state index >= 15 is 0 Å². The third-order valence-electron chi connectivity index (χ3n) is 1.97. The molecule has 1 aromatic rings. The van der Waals surface area contributed by atoms with Gasteiger partial charge >= 0.3 is 0 Å². The number of aryl methyl sites for hydroxylation is 1. The second-order valence-electron chi connectivity index (χ2n) is 2.97. The van der Waals surface area contributed by atoms with Crippen molar-refractivity contribution < 1.29 is 9.13 Å². The molecule has 0 radical (unpaired) electrons. The van der Waals surface area contributed by atoms with Gasteiger partial charge in [-0.2, -0.15) is 0 Å². The molecule has 0 saturated carbocycles. The molecule has 0 unspecified atom stereocenters. The highest BCUT2D eigenvalue weighted by Crippen LogP contribution is 2.28. The quantitative estimate of drug-likeness (QED) is 0.904. The number of hydrogen-bond donors (Lipinski definition) is 1. The average Bonchev–Trinajstić information content (AvgIpc) is 2.18. The first-order valence-corrected chi connectivity index (χ1v) is 5.20. The summed E-state index contributed by atoms with van der Waals surface area (Å²) < 4.78 is 19.1. The van der Waals surface area contributed by atoms with E-state index in [2.05, 4.69) is 15.9 Å². The molecule has 0 atom stereocenters. The highest BCUT2D eigenvalue weighted by molar-refractivity contribution is 9.10. The maximum atomic E-state index is 13.4. The number of methoxy groups -OCH3 is 1. The van der Waals surface area contributed by atoms with Crippen LogP contribution in [0.3, 0.4) is 0 Å². The predicted octanol–water partition coefficient (Wildman–Crippen LogP) is 2.49. The van der Waals surface area contributed by atoms with Crippen molar-refractivity contribution in [2.75, 3.05) is 13.7 Å². The van der Waals surface area contributed by atoms with Crippen LogP contribution in [0.5, 0.6) is 5.75 Å². The molecule has 14 heavy (non-hydrogen) atoms. The van der Waals surface area contributed by atoms with Gasteiger partial charge in [-0.05, 0) is 46.9 Å². The zero-order valence-corrected chi connectivity index (χ0v) is 9.60. The summed E-state index contributed by atoms with van der Waals surface area (Å²) in [6.45, 7) is 0.573. The van der Waals surface area contributed by atoms with Gasteiger partial charge in [0.1, 0.15) is 11.6 Å². The largest absolute Gasteiger partial charge is 0.495 e. The minimum atomic E-state index is -0.237. The van der Waals surface area contributed by atoms with Gasteiger partial charge in [-0.1, -0.05) is 0 Å². The van der Waals surface area contributed by atoms with Gasteiger partial charge in [0.05, 0.1) is 11.6 Å². The molecule has 0 aromatic heterocycles. The van der Waals surface area contributed by atoms with Crippen molar-refractivity contribution in [3.8, 4) is 5.75 Å². The second kappa shape index (κ2) is 5.32. The monoisotopic (exact) mass is 261 g/mol. The van der Waals surface area contributed by atoms with Crippen LogP contribution in [-0.4, -0.2) is 13.7 Å². The zero-order valence-electron chi connectivity index (χ0n) is 8.02. The van der Waals surface area contributed by atoms with Gasteiger partial charge in [0, 0.05) is 6.07 Å². The molecule has 1 aromatic carbocycles. The summed E-state index contributed by atoms with van der Waals surface area (Å²) in [6.07, 6.45) is 1.45. The summed E-state index contributed by atoms with van der Waals surface area (Å²) in [4.78, 5) is 0. The Morgan fingerprint density at radius 3 is 2.79 bits per heavy atom. The molecule has 2 nitrogen and oxygen atoms in total. The Hall–Kier alpha value is -0.610. The number of rotatable bonds is 4. The van der Waals surface area contributed by atoms with Crippen molar-refractivity contribution in [3.63, 3.8) is 0 Å². The molecule has 0 fully saturated rings. The van der Waals surface area contributed by atoms with Crippen molar-refractivity contribution >= 4 is 15.9 Å². The van der Waals surface area contributed by atoms with E-state index in [0.29, 0.717) is 24.3 Å². The first-order valence-electron chi connectivity index (χ1n) is 4.41. The first kappa shape index (κ1) is 11.5. The van der Waals surface area contributed by atoms with Crippen LogP contribution in [-0.2, 0) is 6.42 Å². The molecule has 0 saturated heterocycles. The van der Waals surface area contributed by atoms with Crippen LogP contribution >= 0.6 is 15.9 Å². The Kier molecular flexibility index (Phi) is 4.35. The van der Waals surface area contributed by atoms with Crippen LogP contribution in [0.1, 0.15) is 12.0 Å². The Bertz CT molecular complexity index is 317. The van der Waals surface area contributed by atoms with Crippen molar-refractivity contribution in [2.45, 2.75) is 12.8 Å². The van der Waals surface area contributed by atoms with Gasteiger partial charge in [0.25, 0.3) is 0 Å². The molecule has 0 aliphatic heterocycles. The molecular weight excluding hydrogens is 249 g/mol. The van der Waals surface area contributed by atoms with Gasteiger partial charge in [-0.25, -0.2) is 4.39 Å². The van der Waals surface area contributed by atoms with Crippen molar-refractivity contribution in [2.24, 2.45) is 5.73 Å². The van der Waals surface area contributed by atoms with E-state index in [1.54, 1.807) is 6.07 Å². The number of benzene rings is 1. The van der Waals surface area contributed by atoms with Crippen LogP contribution in [0.2, 0.25) is 0 Å². The first-order chi connectivity index (χ1) is 6.69. The van der Waals surface area contributed by atoms with Gasteiger partial charge < -0.3 is 10.5 Å². The summed E-state index contributed by atoms with van der Waals surface area (Å²) in [7, 11) is 1.51. The second-order valence-corrected chi connectivity index (χ2v) is 3.82. The summed E-state index contributed by atoms with van der Waals surface area (Å²) in [5.41, 5.74) is 6.03. The van der Waals surface area contributed by atoms with Crippen LogP contribution in [0, 0.1) is 5.82 Å². The van der Waals surface area contributed by atoms with E-state index in [1.165, 1.54) is 13.2 Å². The summed E-state index contributed by atoms with van der Waals surface area (Å²) in [6, 6.07) is 3.12. The van der Waals surface area contributed by atoms with Gasteiger partial charge in [-0.3, -0.25) is 0 Å². The molecule has 0 heterocycles. The Balaban J connectivity index is 2.90. The molecule has 0 aliphatic rings. The Morgan fingerprint density at radius 2 is 2.21 bits per heavy atom. The lowest BCUT2D eigenvalue weighted by atomic mass is 10.1. The molecule has 0 aliphatic carbocycles. The van der Waals surface area contributed by atoms with Crippen molar-refractivity contribution in [1.82, 2.24) is 0 Å². The van der Waals surface area contributed by atoms with E-state index in [0.717, 1.165) is 10.9 Å². The fraction of sp³-hybridized carbons (Fsp3) is 0.400. The maximum Gasteiger partial charge on any atom is 0.135 e. The van der Waals surface area contributed by atoms with Crippen LogP contribution < -0.4 is 10.5 Å². The highest BCUT2D eigenvalue weighted by atomic mass is 79.9. The van der Waals surface area contributed by atoms with Gasteiger partial charge in [0.2, 0.25) is 0 Å². The third-order valence-corrected chi connectivity index (χ3v) is 2.59. The topological polar surface area (TPSA) is 35.2 Å². The zero-order chi connectivity index (χ0) is 10.6. The third kappa shape index (κ3) is 2.69. The number of nitrogens with two attached hydrogens (primary N) is 1.